The Labute approximate surface area is 164 Å². The number of halogens is 2. The van der Waals surface area contributed by atoms with E-state index in [0.717, 1.165) is 15.8 Å². The molecule has 8 heteroatoms. The fourth-order valence-electron chi connectivity index (χ4n) is 1.83. The molecule has 0 atom stereocenters. The van der Waals surface area contributed by atoms with Gasteiger partial charge in [0.15, 0.2) is 6.61 Å². The highest BCUT2D eigenvalue weighted by molar-refractivity contribution is 9.10. The minimum absolute atomic E-state index is 0.288. The molecule has 0 aliphatic heterocycles. The number of amides is 2. The molecule has 0 radical (unpaired) electrons. The molecule has 2 aromatic rings. The van der Waals surface area contributed by atoms with Gasteiger partial charge in [0.1, 0.15) is 11.5 Å². The minimum atomic E-state index is -0.518. The second-order valence-electron chi connectivity index (χ2n) is 5.01. The molecule has 2 amide bonds. The Hall–Kier alpha value is -2.51. The number of hydrogen-bond acceptors (Lipinski definition) is 4. The maximum atomic E-state index is 11.7. The highest BCUT2D eigenvalue weighted by atomic mass is 79.9. The van der Waals surface area contributed by atoms with Crippen LogP contribution in [0.2, 0.25) is 5.02 Å². The van der Waals surface area contributed by atoms with E-state index in [0.29, 0.717) is 10.8 Å². The van der Waals surface area contributed by atoms with Gasteiger partial charge in [-0.2, -0.15) is 0 Å². The van der Waals surface area contributed by atoms with Crippen LogP contribution in [0.4, 0.5) is 0 Å². The van der Waals surface area contributed by atoms with E-state index < -0.39 is 11.8 Å². The van der Waals surface area contributed by atoms with Gasteiger partial charge in [0.05, 0.1) is 12.1 Å². The lowest BCUT2D eigenvalue weighted by Gasteiger charge is -2.09. The van der Waals surface area contributed by atoms with E-state index in [1.807, 2.05) is 0 Å². The van der Waals surface area contributed by atoms with Gasteiger partial charge in [-0.1, -0.05) is 39.7 Å². The maximum Gasteiger partial charge on any atom is 0.276 e. The van der Waals surface area contributed by atoms with Crippen LogP contribution in [0.15, 0.2) is 53.0 Å². The Morgan fingerprint density at radius 2 is 1.88 bits per heavy atom. The van der Waals surface area contributed by atoms with E-state index in [2.05, 4.69) is 26.8 Å². The first-order chi connectivity index (χ1) is 12.5. The average molecular weight is 440 g/mol. The highest BCUT2D eigenvalue weighted by Gasteiger charge is 2.07. The Bertz CT molecular complexity index is 809. The Morgan fingerprint density at radius 3 is 2.54 bits per heavy atom. The Kier molecular flexibility index (Phi) is 7.50. The fourth-order valence-corrected chi connectivity index (χ4v) is 2.56. The van der Waals surface area contributed by atoms with Crippen LogP contribution in [0.1, 0.15) is 5.56 Å². The van der Waals surface area contributed by atoms with E-state index >= 15 is 0 Å². The molecule has 0 aromatic heterocycles. The molecular weight excluding hydrogens is 424 g/mol. The van der Waals surface area contributed by atoms with E-state index in [9.17, 15) is 9.59 Å². The molecule has 0 aliphatic carbocycles. The van der Waals surface area contributed by atoms with Gasteiger partial charge in [-0.15, -0.1) is 0 Å². The van der Waals surface area contributed by atoms with Crippen LogP contribution >= 0.6 is 27.5 Å². The number of hydrogen-bond donors (Lipinski definition) is 2. The number of nitrogens with one attached hydrogen (secondary N) is 2. The molecule has 0 unspecified atom stereocenters. The normalized spacial score (nSPS) is 10.4. The zero-order valence-electron chi connectivity index (χ0n) is 13.8. The summed E-state index contributed by atoms with van der Waals surface area (Å²) in [5, 5.41) is 0.374. The third kappa shape index (κ3) is 6.42. The third-order valence-electron chi connectivity index (χ3n) is 3.12. The van der Waals surface area contributed by atoms with Crippen LogP contribution in [-0.4, -0.2) is 25.5 Å². The second kappa shape index (κ2) is 9.84. The van der Waals surface area contributed by atoms with Crippen molar-refractivity contribution in [1.82, 2.24) is 10.9 Å². The predicted octanol–water partition coefficient (Wildman–Crippen LogP) is 3.35. The molecular formula is C18H16BrClN2O4. The summed E-state index contributed by atoms with van der Waals surface area (Å²) in [6.07, 6.45) is 2.91. The summed E-state index contributed by atoms with van der Waals surface area (Å²) in [7, 11) is 1.58. The molecule has 0 bridgehead atoms. The SMILES string of the molecule is COc1ccc(/C=C/C(=O)NNC(=O)COc2ccc(Br)cc2Cl)cc1. The number of methoxy groups -OCH3 is 1. The standard InChI is InChI=1S/C18H16BrClN2O4/c1-25-14-6-2-12(3-7-14)4-9-17(23)21-22-18(24)11-26-16-8-5-13(19)10-15(16)20/h2-10H,11H2,1H3,(H,21,23)(H,22,24)/b9-4+. The number of rotatable bonds is 6. The lowest BCUT2D eigenvalue weighted by atomic mass is 10.2. The van der Waals surface area contributed by atoms with Gasteiger partial charge < -0.3 is 9.47 Å². The van der Waals surface area contributed by atoms with Crippen molar-refractivity contribution < 1.29 is 19.1 Å². The molecule has 2 aromatic carbocycles. The number of ether oxygens (including phenoxy) is 2. The lowest BCUT2D eigenvalue weighted by Crippen LogP contribution is -2.43. The molecule has 0 aliphatic rings. The monoisotopic (exact) mass is 438 g/mol. The molecule has 2 N–H and O–H groups in total. The molecule has 0 saturated carbocycles. The summed E-state index contributed by atoms with van der Waals surface area (Å²) < 4.78 is 11.1. The zero-order chi connectivity index (χ0) is 18.9. The largest absolute Gasteiger partial charge is 0.497 e. The van der Waals surface area contributed by atoms with Crippen molar-refractivity contribution in [2.75, 3.05) is 13.7 Å². The van der Waals surface area contributed by atoms with Crippen molar-refractivity contribution in [3.05, 3.63) is 63.6 Å². The first-order valence-electron chi connectivity index (χ1n) is 7.47. The van der Waals surface area contributed by atoms with Gasteiger partial charge >= 0.3 is 0 Å². The molecule has 2 rings (SSSR count). The maximum absolute atomic E-state index is 11.7. The summed E-state index contributed by atoms with van der Waals surface area (Å²) in [6, 6.07) is 12.2. The van der Waals surface area contributed by atoms with E-state index in [4.69, 9.17) is 21.1 Å². The summed E-state index contributed by atoms with van der Waals surface area (Å²) >= 11 is 9.26. The van der Waals surface area contributed by atoms with Gasteiger partial charge in [0.2, 0.25) is 0 Å². The van der Waals surface area contributed by atoms with Crippen molar-refractivity contribution in [1.29, 1.82) is 0 Å². The number of carbonyl (C=O) groups is 2. The molecule has 26 heavy (non-hydrogen) atoms. The molecule has 0 heterocycles. The van der Waals surface area contributed by atoms with E-state index in [1.54, 1.807) is 55.7 Å². The Balaban J connectivity index is 1.75. The van der Waals surface area contributed by atoms with Gasteiger partial charge in [-0.05, 0) is 42.0 Å². The van der Waals surface area contributed by atoms with Gasteiger partial charge in [0, 0.05) is 10.5 Å². The van der Waals surface area contributed by atoms with Gasteiger partial charge in [0.25, 0.3) is 11.8 Å². The quantitative estimate of drug-likeness (QED) is 0.535. The van der Waals surface area contributed by atoms with Crippen LogP contribution in [0.25, 0.3) is 6.08 Å². The van der Waals surface area contributed by atoms with Crippen molar-refractivity contribution in [3.8, 4) is 11.5 Å². The van der Waals surface area contributed by atoms with Crippen LogP contribution in [0.3, 0.4) is 0 Å². The number of carbonyl (C=O) groups excluding carboxylic acids is 2. The van der Waals surface area contributed by atoms with Gasteiger partial charge in [-0.3, -0.25) is 20.4 Å². The highest BCUT2D eigenvalue weighted by Crippen LogP contribution is 2.27. The molecule has 0 spiro atoms. The van der Waals surface area contributed by atoms with Crippen LogP contribution < -0.4 is 20.3 Å². The molecule has 0 saturated heterocycles. The average Bonchev–Trinajstić information content (AvgIpc) is 2.64. The van der Waals surface area contributed by atoms with Crippen LogP contribution in [0, 0.1) is 0 Å². The van der Waals surface area contributed by atoms with Crippen molar-refractivity contribution in [2.45, 2.75) is 0 Å². The first kappa shape index (κ1) is 19.8. The predicted molar refractivity (Wildman–Crippen MR) is 103 cm³/mol. The molecule has 6 nitrogen and oxygen atoms in total. The van der Waals surface area contributed by atoms with Crippen molar-refractivity contribution >= 4 is 45.4 Å². The second-order valence-corrected chi connectivity index (χ2v) is 6.33. The fraction of sp³-hybridized carbons (Fsp3) is 0.111. The third-order valence-corrected chi connectivity index (χ3v) is 3.91. The Morgan fingerprint density at radius 1 is 1.15 bits per heavy atom. The van der Waals surface area contributed by atoms with E-state index in [-0.39, 0.29) is 6.61 Å². The number of benzene rings is 2. The summed E-state index contributed by atoms with van der Waals surface area (Å²) in [5.74, 6) is 0.103. The first-order valence-corrected chi connectivity index (χ1v) is 8.64. The summed E-state index contributed by atoms with van der Waals surface area (Å²) in [5.41, 5.74) is 5.34. The van der Waals surface area contributed by atoms with Crippen LogP contribution in [-0.2, 0) is 9.59 Å². The van der Waals surface area contributed by atoms with Crippen molar-refractivity contribution in [2.24, 2.45) is 0 Å². The minimum Gasteiger partial charge on any atom is -0.497 e. The van der Waals surface area contributed by atoms with Crippen LogP contribution in [0.5, 0.6) is 11.5 Å². The summed E-state index contributed by atoms with van der Waals surface area (Å²) in [4.78, 5) is 23.4. The lowest BCUT2D eigenvalue weighted by molar-refractivity contribution is -0.128. The zero-order valence-corrected chi connectivity index (χ0v) is 16.1. The van der Waals surface area contributed by atoms with Crippen molar-refractivity contribution in [3.63, 3.8) is 0 Å². The van der Waals surface area contributed by atoms with Gasteiger partial charge in [-0.25, -0.2) is 0 Å². The smallest absolute Gasteiger partial charge is 0.276 e. The summed E-state index contributed by atoms with van der Waals surface area (Å²) in [6.45, 7) is -0.288. The molecule has 136 valence electrons. The molecule has 0 fully saturated rings. The topological polar surface area (TPSA) is 76.7 Å². The number of hydrazine groups is 1. The van der Waals surface area contributed by atoms with E-state index in [1.165, 1.54) is 6.08 Å².